The van der Waals surface area contributed by atoms with Crippen LogP contribution in [0.2, 0.25) is 0 Å². The average Bonchev–Trinajstić information content (AvgIpc) is 3.17. The number of hydrogen-bond donors (Lipinski definition) is 0. The van der Waals surface area contributed by atoms with E-state index in [1.165, 1.54) is 4.88 Å². The molecule has 0 unspecified atom stereocenters. The Morgan fingerprint density at radius 2 is 1.96 bits per heavy atom. The molecule has 118 valence electrons. The van der Waals surface area contributed by atoms with E-state index in [1.807, 2.05) is 61.3 Å². The summed E-state index contributed by atoms with van der Waals surface area (Å²) in [6, 6.07) is 9.68. The summed E-state index contributed by atoms with van der Waals surface area (Å²) in [6.07, 6.45) is 5.69. The normalized spacial score (nSPS) is 10.7. The second-order valence-corrected chi connectivity index (χ2v) is 6.74. The van der Waals surface area contributed by atoms with Crippen LogP contribution in [-0.4, -0.2) is 27.4 Å². The lowest BCUT2D eigenvalue weighted by atomic mass is 10.1. The van der Waals surface area contributed by atoms with Crippen molar-refractivity contribution in [2.75, 3.05) is 7.05 Å². The summed E-state index contributed by atoms with van der Waals surface area (Å²) in [7, 11) is 1.82. The van der Waals surface area contributed by atoms with Crippen LogP contribution in [-0.2, 0) is 6.54 Å². The second kappa shape index (κ2) is 6.38. The zero-order valence-corrected chi connectivity index (χ0v) is 14.3. The molecule has 0 aliphatic carbocycles. The van der Waals surface area contributed by atoms with Gasteiger partial charge in [-0.05, 0) is 43.7 Å². The van der Waals surface area contributed by atoms with E-state index in [0.29, 0.717) is 6.54 Å². The Hall–Kier alpha value is -2.40. The molecule has 0 saturated carbocycles. The Balaban J connectivity index is 1.93. The van der Waals surface area contributed by atoms with Crippen molar-refractivity contribution in [3.05, 3.63) is 70.6 Å². The van der Waals surface area contributed by atoms with Crippen LogP contribution in [0.5, 0.6) is 0 Å². The number of nitrogens with zero attached hydrogens (tertiary/aromatic N) is 3. The molecule has 0 bridgehead atoms. The van der Waals surface area contributed by atoms with Crippen molar-refractivity contribution in [2.45, 2.75) is 20.4 Å². The van der Waals surface area contributed by atoms with Crippen LogP contribution >= 0.6 is 11.3 Å². The number of rotatable bonds is 4. The number of carbonyl (C=O) groups is 1. The van der Waals surface area contributed by atoms with Gasteiger partial charge in [-0.2, -0.15) is 0 Å². The molecule has 4 nitrogen and oxygen atoms in total. The number of aromatic nitrogens is 2. The zero-order valence-electron chi connectivity index (χ0n) is 13.5. The van der Waals surface area contributed by atoms with Gasteiger partial charge in [0.15, 0.2) is 0 Å². The predicted molar refractivity (Wildman–Crippen MR) is 93.2 cm³/mol. The fourth-order valence-electron chi connectivity index (χ4n) is 2.51. The smallest absolute Gasteiger partial charge is 0.257 e. The number of hydrogen-bond acceptors (Lipinski definition) is 3. The number of thiophene rings is 1. The van der Waals surface area contributed by atoms with E-state index in [0.717, 1.165) is 21.8 Å². The Labute approximate surface area is 140 Å². The molecular weight excluding hydrogens is 306 g/mol. The topological polar surface area (TPSA) is 38.1 Å². The van der Waals surface area contributed by atoms with Crippen molar-refractivity contribution in [1.82, 2.24) is 14.5 Å². The van der Waals surface area contributed by atoms with E-state index in [1.54, 1.807) is 22.4 Å². The van der Waals surface area contributed by atoms with E-state index < -0.39 is 0 Å². The molecule has 1 amide bonds. The molecule has 3 heterocycles. The van der Waals surface area contributed by atoms with E-state index in [2.05, 4.69) is 11.9 Å². The van der Waals surface area contributed by atoms with Crippen LogP contribution in [0.4, 0.5) is 0 Å². The molecule has 0 atom stereocenters. The maximum absolute atomic E-state index is 13.0. The number of pyridine rings is 1. The molecule has 3 rings (SSSR count). The Morgan fingerprint density at radius 3 is 2.61 bits per heavy atom. The molecule has 5 heteroatoms. The second-order valence-electron chi connectivity index (χ2n) is 5.54. The molecule has 23 heavy (non-hydrogen) atoms. The largest absolute Gasteiger partial charge is 0.336 e. The number of carbonyl (C=O) groups excluding carboxylic acids is 1. The minimum atomic E-state index is 0.0289. The lowest BCUT2D eigenvalue weighted by molar-refractivity contribution is 0.0783. The van der Waals surface area contributed by atoms with E-state index >= 15 is 0 Å². The molecule has 0 fully saturated rings. The molecule has 0 spiro atoms. The number of aryl methyl sites for hydroxylation is 1. The van der Waals surface area contributed by atoms with Crippen LogP contribution in [0.1, 0.15) is 26.5 Å². The van der Waals surface area contributed by atoms with E-state index in [-0.39, 0.29) is 5.91 Å². The van der Waals surface area contributed by atoms with Crippen molar-refractivity contribution in [1.29, 1.82) is 0 Å². The van der Waals surface area contributed by atoms with Gasteiger partial charge in [-0.1, -0.05) is 6.07 Å². The zero-order chi connectivity index (χ0) is 16.4. The van der Waals surface area contributed by atoms with Gasteiger partial charge in [0.25, 0.3) is 5.91 Å². The fraction of sp³-hybridized carbons (Fsp3) is 0.222. The molecule has 3 aromatic rings. The van der Waals surface area contributed by atoms with Gasteiger partial charge in [-0.25, -0.2) is 0 Å². The van der Waals surface area contributed by atoms with Crippen molar-refractivity contribution < 1.29 is 4.79 Å². The molecule has 0 radical (unpaired) electrons. The maximum Gasteiger partial charge on any atom is 0.257 e. The molecule has 0 N–H and O–H groups in total. The quantitative estimate of drug-likeness (QED) is 0.731. The van der Waals surface area contributed by atoms with Gasteiger partial charge >= 0.3 is 0 Å². The molecule has 0 aliphatic heterocycles. The third-order valence-electron chi connectivity index (χ3n) is 3.89. The standard InChI is InChI=1S/C18H19N3OS/c1-13-14(2)23-18(21-10-6-7-11-21)16(13)17(22)20(3)12-15-8-4-5-9-19-15/h4-11H,12H2,1-3H3. The minimum Gasteiger partial charge on any atom is -0.336 e. The molecule has 0 aromatic carbocycles. The summed E-state index contributed by atoms with van der Waals surface area (Å²) < 4.78 is 2.01. The molecule has 0 aliphatic rings. The van der Waals surface area contributed by atoms with Crippen molar-refractivity contribution in [2.24, 2.45) is 0 Å². The SMILES string of the molecule is Cc1sc(-n2cccc2)c(C(=O)N(C)Cc2ccccn2)c1C. The molecule has 3 aromatic heterocycles. The van der Waals surface area contributed by atoms with Gasteiger partial charge in [0.05, 0.1) is 17.8 Å². The van der Waals surface area contributed by atoms with Gasteiger partial charge in [-0.15, -0.1) is 11.3 Å². The maximum atomic E-state index is 13.0. The lowest BCUT2D eigenvalue weighted by Crippen LogP contribution is -2.27. The Bertz CT molecular complexity index is 806. The first kappa shape index (κ1) is 15.5. The van der Waals surface area contributed by atoms with E-state index in [4.69, 9.17) is 0 Å². The highest BCUT2D eigenvalue weighted by Gasteiger charge is 2.23. The minimum absolute atomic E-state index is 0.0289. The van der Waals surface area contributed by atoms with Crippen LogP contribution in [0.3, 0.4) is 0 Å². The third-order valence-corrected chi connectivity index (χ3v) is 5.11. The van der Waals surface area contributed by atoms with Crippen molar-refractivity contribution in [3.8, 4) is 5.00 Å². The average molecular weight is 325 g/mol. The monoisotopic (exact) mass is 325 g/mol. The van der Waals surface area contributed by atoms with E-state index in [9.17, 15) is 4.79 Å². The van der Waals surface area contributed by atoms with Crippen LogP contribution in [0.25, 0.3) is 5.00 Å². The summed E-state index contributed by atoms with van der Waals surface area (Å²) in [5.74, 6) is 0.0289. The highest BCUT2D eigenvalue weighted by molar-refractivity contribution is 7.15. The van der Waals surface area contributed by atoms with Crippen molar-refractivity contribution in [3.63, 3.8) is 0 Å². The highest BCUT2D eigenvalue weighted by Crippen LogP contribution is 2.32. The summed E-state index contributed by atoms with van der Waals surface area (Å²) in [5, 5.41) is 0.975. The van der Waals surface area contributed by atoms with Crippen LogP contribution in [0, 0.1) is 13.8 Å². The highest BCUT2D eigenvalue weighted by atomic mass is 32.1. The number of amides is 1. The fourth-order valence-corrected chi connectivity index (χ4v) is 3.62. The van der Waals surface area contributed by atoms with Gasteiger partial charge in [0.2, 0.25) is 0 Å². The summed E-state index contributed by atoms with van der Waals surface area (Å²) in [5.41, 5.74) is 2.72. The van der Waals surface area contributed by atoms with Crippen LogP contribution < -0.4 is 0 Å². The predicted octanol–water partition coefficient (Wildman–Crippen LogP) is 3.82. The lowest BCUT2D eigenvalue weighted by Gasteiger charge is -2.18. The third kappa shape index (κ3) is 3.05. The first-order valence-corrected chi connectivity index (χ1v) is 8.28. The molecule has 0 saturated heterocycles. The Morgan fingerprint density at radius 1 is 1.22 bits per heavy atom. The van der Waals surface area contributed by atoms with Crippen LogP contribution in [0.15, 0.2) is 48.9 Å². The Kier molecular flexibility index (Phi) is 4.30. The van der Waals surface area contributed by atoms with Gasteiger partial charge in [-0.3, -0.25) is 9.78 Å². The first-order valence-electron chi connectivity index (χ1n) is 7.46. The molecular formula is C18H19N3OS. The first-order chi connectivity index (χ1) is 11.1. The van der Waals surface area contributed by atoms with Crippen molar-refractivity contribution >= 4 is 17.2 Å². The summed E-state index contributed by atoms with van der Waals surface area (Å²) >= 11 is 1.65. The summed E-state index contributed by atoms with van der Waals surface area (Å²) in [4.78, 5) is 20.2. The van der Waals surface area contributed by atoms with Gasteiger partial charge in [0, 0.05) is 30.5 Å². The van der Waals surface area contributed by atoms with Gasteiger partial charge in [0.1, 0.15) is 5.00 Å². The summed E-state index contributed by atoms with van der Waals surface area (Å²) in [6.45, 7) is 4.57. The van der Waals surface area contributed by atoms with Gasteiger partial charge < -0.3 is 9.47 Å².